The van der Waals surface area contributed by atoms with Gasteiger partial charge in [0.15, 0.2) is 0 Å². The molecule has 0 nitrogen and oxygen atoms in total. The number of hydrogen-bond donors (Lipinski definition) is 0. The normalized spacial score (nSPS) is 11.6. The molecule has 0 aliphatic rings. The van der Waals surface area contributed by atoms with Crippen LogP contribution in [0.4, 0.5) is 0 Å². The third-order valence-corrected chi connectivity index (χ3v) is 5.79. The lowest BCUT2D eigenvalue weighted by atomic mass is 9.86. The largest absolute Gasteiger partial charge is 0.0622 e. The van der Waals surface area contributed by atoms with Crippen LogP contribution in [0.15, 0.2) is 109 Å². The monoisotopic (exact) mass is 354 g/mol. The number of rotatable bonds is 2. The van der Waals surface area contributed by atoms with E-state index in [1.807, 2.05) is 0 Å². The molecule has 0 spiro atoms. The molecule has 0 heterocycles. The van der Waals surface area contributed by atoms with E-state index < -0.39 is 0 Å². The van der Waals surface area contributed by atoms with Crippen molar-refractivity contribution in [3.05, 3.63) is 109 Å². The third-order valence-electron chi connectivity index (χ3n) is 5.79. The molecule has 0 aliphatic carbocycles. The molecule has 0 unspecified atom stereocenters. The SMILES string of the molecule is c1ccc(-c2cc3cccc4cc(-c5ccccc5)c5cccc2c5c34)cc1. The van der Waals surface area contributed by atoms with Crippen molar-refractivity contribution in [2.75, 3.05) is 0 Å². The van der Waals surface area contributed by atoms with E-state index in [9.17, 15) is 0 Å². The summed E-state index contributed by atoms with van der Waals surface area (Å²) in [5, 5.41) is 8.00. The second kappa shape index (κ2) is 5.94. The van der Waals surface area contributed by atoms with Gasteiger partial charge in [-0.15, -0.1) is 0 Å². The van der Waals surface area contributed by atoms with Crippen LogP contribution >= 0.6 is 0 Å². The maximum atomic E-state index is 2.35. The van der Waals surface area contributed by atoms with E-state index in [4.69, 9.17) is 0 Å². The molecule has 28 heavy (non-hydrogen) atoms. The number of hydrogen-bond acceptors (Lipinski definition) is 0. The molecule has 0 fully saturated rings. The molecule has 0 saturated heterocycles. The van der Waals surface area contributed by atoms with Crippen molar-refractivity contribution in [2.45, 2.75) is 0 Å². The lowest BCUT2D eigenvalue weighted by Gasteiger charge is -2.17. The van der Waals surface area contributed by atoms with Crippen LogP contribution in [-0.2, 0) is 0 Å². The Hall–Kier alpha value is -3.64. The van der Waals surface area contributed by atoms with Gasteiger partial charge < -0.3 is 0 Å². The summed E-state index contributed by atoms with van der Waals surface area (Å²) in [5.41, 5.74) is 5.14. The minimum absolute atomic E-state index is 1.27. The maximum Gasteiger partial charge on any atom is -0.00143 e. The highest BCUT2D eigenvalue weighted by Crippen LogP contribution is 2.43. The summed E-state index contributed by atoms with van der Waals surface area (Å²) in [6.45, 7) is 0. The summed E-state index contributed by atoms with van der Waals surface area (Å²) in [6.07, 6.45) is 0. The van der Waals surface area contributed by atoms with Crippen LogP contribution in [0.25, 0.3) is 54.6 Å². The smallest absolute Gasteiger partial charge is 0.00143 e. The van der Waals surface area contributed by atoms with E-state index in [-0.39, 0.29) is 0 Å². The van der Waals surface area contributed by atoms with Gasteiger partial charge in [-0.25, -0.2) is 0 Å². The highest BCUT2D eigenvalue weighted by atomic mass is 14.2. The van der Waals surface area contributed by atoms with Crippen LogP contribution < -0.4 is 0 Å². The van der Waals surface area contributed by atoms with Crippen LogP contribution in [0, 0.1) is 0 Å². The summed E-state index contributed by atoms with van der Waals surface area (Å²) in [7, 11) is 0. The standard InChI is InChI=1S/C28H18/c1-3-9-19(10-4-1)25-17-21-13-7-14-22-18-26(20-11-5-2-6-12-20)24-16-8-15-23(25)28(24)27(21)22/h1-18H. The summed E-state index contributed by atoms with van der Waals surface area (Å²) in [6, 6.07) is 39.5. The minimum Gasteiger partial charge on any atom is -0.0622 e. The van der Waals surface area contributed by atoms with E-state index in [2.05, 4.69) is 109 Å². The molecule has 0 saturated carbocycles. The first-order valence-corrected chi connectivity index (χ1v) is 9.71. The molecular formula is C28H18. The molecule has 0 radical (unpaired) electrons. The van der Waals surface area contributed by atoms with Gasteiger partial charge in [-0.3, -0.25) is 0 Å². The Labute approximate surface area is 164 Å². The molecule has 130 valence electrons. The van der Waals surface area contributed by atoms with Crippen molar-refractivity contribution in [2.24, 2.45) is 0 Å². The molecule has 0 bridgehead atoms. The van der Waals surface area contributed by atoms with Crippen molar-refractivity contribution in [1.29, 1.82) is 0 Å². The summed E-state index contributed by atoms with van der Waals surface area (Å²) in [4.78, 5) is 0. The molecule has 6 aromatic rings. The van der Waals surface area contributed by atoms with Gasteiger partial charge in [-0.05, 0) is 66.7 Å². The van der Waals surface area contributed by atoms with Crippen molar-refractivity contribution in [3.63, 3.8) is 0 Å². The fourth-order valence-corrected chi connectivity index (χ4v) is 4.57. The topological polar surface area (TPSA) is 0 Å². The van der Waals surface area contributed by atoms with Gasteiger partial charge in [0.1, 0.15) is 0 Å². The predicted molar refractivity (Wildman–Crippen MR) is 121 cm³/mol. The van der Waals surface area contributed by atoms with Crippen molar-refractivity contribution in [3.8, 4) is 22.3 Å². The quantitative estimate of drug-likeness (QED) is 0.277. The van der Waals surface area contributed by atoms with Crippen LogP contribution in [0.2, 0.25) is 0 Å². The highest BCUT2D eigenvalue weighted by Gasteiger charge is 2.15. The summed E-state index contributed by atoms with van der Waals surface area (Å²) in [5.74, 6) is 0. The Kier molecular flexibility index (Phi) is 3.27. The molecular weight excluding hydrogens is 336 g/mol. The van der Waals surface area contributed by atoms with Gasteiger partial charge in [0.25, 0.3) is 0 Å². The second-order valence-corrected chi connectivity index (χ2v) is 7.39. The summed E-state index contributed by atoms with van der Waals surface area (Å²) >= 11 is 0. The van der Waals surface area contributed by atoms with Gasteiger partial charge in [0.05, 0.1) is 0 Å². The fourth-order valence-electron chi connectivity index (χ4n) is 4.57. The van der Waals surface area contributed by atoms with Crippen molar-refractivity contribution >= 4 is 32.3 Å². The molecule has 0 atom stereocenters. The van der Waals surface area contributed by atoms with Gasteiger partial charge in [0.2, 0.25) is 0 Å². The molecule has 0 N–H and O–H groups in total. The molecule has 0 heteroatoms. The zero-order valence-corrected chi connectivity index (χ0v) is 15.4. The first-order chi connectivity index (χ1) is 13.9. The van der Waals surface area contributed by atoms with Crippen LogP contribution in [0.5, 0.6) is 0 Å². The lowest BCUT2D eigenvalue weighted by Crippen LogP contribution is -1.90. The van der Waals surface area contributed by atoms with E-state index in [1.54, 1.807) is 0 Å². The van der Waals surface area contributed by atoms with Gasteiger partial charge in [0, 0.05) is 0 Å². The Morgan fingerprint density at radius 3 is 1.32 bits per heavy atom. The van der Waals surface area contributed by atoms with Crippen LogP contribution in [-0.4, -0.2) is 0 Å². The average Bonchev–Trinajstić information content (AvgIpc) is 2.78. The predicted octanol–water partition coefficient (Wildman–Crippen LogP) is 7.92. The summed E-state index contributed by atoms with van der Waals surface area (Å²) < 4.78 is 0. The van der Waals surface area contributed by atoms with E-state index in [1.165, 1.54) is 54.6 Å². The maximum absolute atomic E-state index is 2.35. The zero-order valence-electron chi connectivity index (χ0n) is 15.4. The Bertz CT molecular complexity index is 1320. The molecule has 0 aliphatic heterocycles. The fraction of sp³-hybridized carbons (Fsp3) is 0. The molecule has 6 aromatic carbocycles. The first kappa shape index (κ1) is 15.4. The van der Waals surface area contributed by atoms with Crippen molar-refractivity contribution < 1.29 is 0 Å². The average molecular weight is 354 g/mol. The Balaban J connectivity index is 1.84. The van der Waals surface area contributed by atoms with E-state index >= 15 is 0 Å². The van der Waals surface area contributed by atoms with E-state index in [0.29, 0.717) is 0 Å². The lowest BCUT2D eigenvalue weighted by molar-refractivity contribution is 1.65. The Morgan fingerprint density at radius 1 is 0.357 bits per heavy atom. The highest BCUT2D eigenvalue weighted by molar-refractivity contribution is 6.29. The van der Waals surface area contributed by atoms with Crippen LogP contribution in [0.3, 0.4) is 0 Å². The minimum atomic E-state index is 1.27. The zero-order chi connectivity index (χ0) is 18.5. The van der Waals surface area contributed by atoms with E-state index in [0.717, 1.165) is 0 Å². The molecule has 0 amide bonds. The third kappa shape index (κ3) is 2.18. The second-order valence-electron chi connectivity index (χ2n) is 7.39. The van der Waals surface area contributed by atoms with Crippen molar-refractivity contribution in [1.82, 2.24) is 0 Å². The van der Waals surface area contributed by atoms with Crippen LogP contribution in [0.1, 0.15) is 0 Å². The Morgan fingerprint density at radius 2 is 0.821 bits per heavy atom. The number of benzene rings is 6. The molecule has 0 aromatic heterocycles. The van der Waals surface area contributed by atoms with Gasteiger partial charge >= 0.3 is 0 Å². The molecule has 6 rings (SSSR count). The first-order valence-electron chi connectivity index (χ1n) is 9.71. The van der Waals surface area contributed by atoms with Gasteiger partial charge in [-0.1, -0.05) is 97.1 Å². The van der Waals surface area contributed by atoms with Gasteiger partial charge in [-0.2, -0.15) is 0 Å².